The third-order valence-electron chi connectivity index (χ3n) is 3.40. The van der Waals surface area contributed by atoms with Crippen LogP contribution in [-0.4, -0.2) is 16.0 Å². The van der Waals surface area contributed by atoms with E-state index in [-0.39, 0.29) is 5.56 Å². The SMILES string of the molecule is Cc1[nH]n(-c2cccc(Cl)c2)c(=O)c1C=Nc1cccc(N)c1. The summed E-state index contributed by atoms with van der Waals surface area (Å²) in [5.74, 6) is 0. The van der Waals surface area contributed by atoms with Crippen molar-refractivity contribution in [3.8, 4) is 5.69 Å². The molecule has 116 valence electrons. The first-order chi connectivity index (χ1) is 11.0. The Kier molecular flexibility index (Phi) is 4.04. The number of aromatic amines is 1. The van der Waals surface area contributed by atoms with Crippen LogP contribution in [0.5, 0.6) is 0 Å². The van der Waals surface area contributed by atoms with Crippen LogP contribution in [0.3, 0.4) is 0 Å². The number of aryl methyl sites for hydroxylation is 1. The second-order valence-electron chi connectivity index (χ2n) is 5.12. The van der Waals surface area contributed by atoms with Crippen LogP contribution in [0.15, 0.2) is 58.3 Å². The molecule has 0 radical (unpaired) electrons. The zero-order valence-electron chi connectivity index (χ0n) is 12.5. The number of anilines is 1. The molecular weight excluding hydrogens is 312 g/mol. The van der Waals surface area contributed by atoms with E-state index in [1.54, 1.807) is 36.5 Å². The van der Waals surface area contributed by atoms with Crippen LogP contribution in [0.25, 0.3) is 5.69 Å². The molecule has 0 bridgehead atoms. The van der Waals surface area contributed by atoms with E-state index in [0.717, 1.165) is 5.69 Å². The topological polar surface area (TPSA) is 76.2 Å². The average Bonchev–Trinajstić information content (AvgIpc) is 2.80. The van der Waals surface area contributed by atoms with Crippen molar-refractivity contribution in [2.24, 2.45) is 4.99 Å². The van der Waals surface area contributed by atoms with E-state index in [0.29, 0.717) is 27.6 Å². The Bertz CT molecular complexity index is 940. The zero-order chi connectivity index (χ0) is 16.4. The molecule has 23 heavy (non-hydrogen) atoms. The molecule has 1 heterocycles. The molecule has 0 saturated heterocycles. The quantitative estimate of drug-likeness (QED) is 0.571. The molecule has 0 spiro atoms. The molecule has 6 heteroatoms. The van der Waals surface area contributed by atoms with E-state index in [4.69, 9.17) is 17.3 Å². The van der Waals surface area contributed by atoms with Crippen molar-refractivity contribution < 1.29 is 0 Å². The van der Waals surface area contributed by atoms with Crippen LogP contribution in [0, 0.1) is 6.92 Å². The minimum absolute atomic E-state index is 0.183. The molecule has 5 nitrogen and oxygen atoms in total. The number of aromatic nitrogens is 2. The molecule has 0 amide bonds. The molecule has 0 fully saturated rings. The van der Waals surface area contributed by atoms with Crippen LogP contribution < -0.4 is 11.3 Å². The number of nitrogens with two attached hydrogens (primary N) is 1. The van der Waals surface area contributed by atoms with Crippen molar-refractivity contribution in [1.29, 1.82) is 0 Å². The maximum Gasteiger partial charge on any atom is 0.280 e. The monoisotopic (exact) mass is 326 g/mol. The number of H-pyrrole nitrogens is 1. The molecule has 0 aliphatic carbocycles. The first-order valence-corrected chi connectivity index (χ1v) is 7.39. The van der Waals surface area contributed by atoms with Crippen molar-refractivity contribution in [1.82, 2.24) is 9.78 Å². The van der Waals surface area contributed by atoms with E-state index >= 15 is 0 Å². The van der Waals surface area contributed by atoms with Gasteiger partial charge in [-0.1, -0.05) is 23.7 Å². The highest BCUT2D eigenvalue weighted by molar-refractivity contribution is 6.30. The maximum absolute atomic E-state index is 12.6. The van der Waals surface area contributed by atoms with Gasteiger partial charge in [-0.2, -0.15) is 0 Å². The van der Waals surface area contributed by atoms with Crippen molar-refractivity contribution in [3.05, 3.63) is 75.2 Å². The predicted octanol–water partition coefficient (Wildman–Crippen LogP) is 3.46. The lowest BCUT2D eigenvalue weighted by atomic mass is 10.2. The van der Waals surface area contributed by atoms with Gasteiger partial charge in [-0.05, 0) is 43.3 Å². The summed E-state index contributed by atoms with van der Waals surface area (Å²) >= 11 is 5.98. The second kappa shape index (κ2) is 6.14. The lowest BCUT2D eigenvalue weighted by Gasteiger charge is -2.01. The lowest BCUT2D eigenvalue weighted by molar-refractivity contribution is 0.835. The number of hydrogen-bond donors (Lipinski definition) is 2. The summed E-state index contributed by atoms with van der Waals surface area (Å²) in [5.41, 5.74) is 8.75. The number of nitrogens with one attached hydrogen (secondary N) is 1. The Labute approximate surface area is 138 Å². The summed E-state index contributed by atoms with van der Waals surface area (Å²) in [6.45, 7) is 1.82. The molecule has 0 aliphatic rings. The Balaban J connectivity index is 2.00. The van der Waals surface area contributed by atoms with Crippen LogP contribution in [0.1, 0.15) is 11.3 Å². The van der Waals surface area contributed by atoms with Gasteiger partial charge in [0.25, 0.3) is 5.56 Å². The minimum Gasteiger partial charge on any atom is -0.399 e. The number of nitrogens with zero attached hydrogens (tertiary/aromatic N) is 2. The van der Waals surface area contributed by atoms with Gasteiger partial charge in [0.1, 0.15) is 0 Å². The van der Waals surface area contributed by atoms with Gasteiger partial charge in [-0.15, -0.1) is 0 Å². The first kappa shape index (κ1) is 15.1. The van der Waals surface area contributed by atoms with Crippen LogP contribution >= 0.6 is 11.6 Å². The smallest absolute Gasteiger partial charge is 0.280 e. The summed E-state index contributed by atoms with van der Waals surface area (Å²) in [4.78, 5) is 16.9. The molecule has 2 aromatic carbocycles. The highest BCUT2D eigenvalue weighted by Gasteiger charge is 2.10. The van der Waals surface area contributed by atoms with Gasteiger partial charge in [0.15, 0.2) is 0 Å². The average molecular weight is 327 g/mol. The maximum atomic E-state index is 12.6. The van der Waals surface area contributed by atoms with Gasteiger partial charge in [-0.25, -0.2) is 4.68 Å². The van der Waals surface area contributed by atoms with Gasteiger partial charge in [-0.3, -0.25) is 14.9 Å². The fourth-order valence-corrected chi connectivity index (χ4v) is 2.44. The minimum atomic E-state index is -0.183. The normalized spacial score (nSPS) is 11.2. The number of benzene rings is 2. The number of halogens is 1. The zero-order valence-corrected chi connectivity index (χ0v) is 13.2. The highest BCUT2D eigenvalue weighted by Crippen LogP contribution is 2.16. The third-order valence-corrected chi connectivity index (χ3v) is 3.63. The summed E-state index contributed by atoms with van der Waals surface area (Å²) < 4.78 is 1.45. The molecule has 0 unspecified atom stereocenters. The molecule has 0 saturated carbocycles. The van der Waals surface area contributed by atoms with Gasteiger partial charge in [0.2, 0.25) is 0 Å². The van der Waals surface area contributed by atoms with Crippen molar-refractivity contribution in [2.75, 3.05) is 5.73 Å². The molecule has 3 N–H and O–H groups in total. The van der Waals surface area contributed by atoms with Crippen LogP contribution in [-0.2, 0) is 0 Å². The second-order valence-corrected chi connectivity index (χ2v) is 5.56. The fraction of sp³-hybridized carbons (Fsp3) is 0.0588. The van der Waals surface area contributed by atoms with Crippen molar-refractivity contribution >= 4 is 29.2 Å². The Hall–Kier alpha value is -2.79. The highest BCUT2D eigenvalue weighted by atomic mass is 35.5. The Morgan fingerprint density at radius 2 is 2.00 bits per heavy atom. The molecule has 3 rings (SSSR count). The Morgan fingerprint density at radius 3 is 2.74 bits per heavy atom. The Morgan fingerprint density at radius 1 is 1.22 bits per heavy atom. The molecule has 1 aromatic heterocycles. The lowest BCUT2D eigenvalue weighted by Crippen LogP contribution is -2.17. The van der Waals surface area contributed by atoms with Gasteiger partial charge in [0.05, 0.1) is 16.9 Å². The van der Waals surface area contributed by atoms with Crippen molar-refractivity contribution in [2.45, 2.75) is 6.92 Å². The summed E-state index contributed by atoms with van der Waals surface area (Å²) in [6.07, 6.45) is 1.55. The summed E-state index contributed by atoms with van der Waals surface area (Å²) in [6, 6.07) is 14.2. The van der Waals surface area contributed by atoms with E-state index in [9.17, 15) is 4.79 Å². The van der Waals surface area contributed by atoms with Gasteiger partial charge in [0, 0.05) is 22.6 Å². The molecular formula is C17H15ClN4O. The number of hydrogen-bond acceptors (Lipinski definition) is 3. The van der Waals surface area contributed by atoms with Gasteiger partial charge < -0.3 is 5.73 Å². The van der Waals surface area contributed by atoms with E-state index in [2.05, 4.69) is 10.1 Å². The van der Waals surface area contributed by atoms with Crippen molar-refractivity contribution in [3.63, 3.8) is 0 Å². The molecule has 3 aromatic rings. The summed E-state index contributed by atoms with van der Waals surface area (Å²) in [5, 5.41) is 3.60. The fourth-order valence-electron chi connectivity index (χ4n) is 2.25. The summed E-state index contributed by atoms with van der Waals surface area (Å²) in [7, 11) is 0. The third kappa shape index (κ3) is 3.19. The van der Waals surface area contributed by atoms with E-state index < -0.39 is 0 Å². The van der Waals surface area contributed by atoms with Crippen LogP contribution in [0.2, 0.25) is 5.02 Å². The largest absolute Gasteiger partial charge is 0.399 e. The number of nitrogen functional groups attached to an aromatic ring is 1. The van der Waals surface area contributed by atoms with E-state index in [1.807, 2.05) is 25.1 Å². The first-order valence-electron chi connectivity index (χ1n) is 7.02. The van der Waals surface area contributed by atoms with Gasteiger partial charge >= 0.3 is 0 Å². The standard InChI is InChI=1S/C17H15ClN4O/c1-11-16(10-20-14-6-3-5-13(19)9-14)17(23)22(21-11)15-7-2-4-12(18)8-15/h2-10,21H,19H2,1H3. The molecule has 0 aliphatic heterocycles. The molecule has 0 atom stereocenters. The number of aliphatic imine (C=N–C) groups is 1. The number of rotatable bonds is 3. The van der Waals surface area contributed by atoms with E-state index in [1.165, 1.54) is 4.68 Å². The van der Waals surface area contributed by atoms with Crippen LogP contribution in [0.4, 0.5) is 11.4 Å². The predicted molar refractivity (Wildman–Crippen MR) is 94.2 cm³/mol.